The van der Waals surface area contributed by atoms with Crippen molar-refractivity contribution >= 4 is 11.8 Å². The fraction of sp³-hybridized carbons (Fsp3) is 0.476. The smallest absolute Gasteiger partial charge is 0.228 e. The molecule has 4 rings (SSSR count). The van der Waals surface area contributed by atoms with Gasteiger partial charge in [0.1, 0.15) is 11.5 Å². The van der Waals surface area contributed by atoms with E-state index in [-0.39, 0.29) is 17.7 Å². The topological polar surface area (TPSA) is 75.4 Å². The van der Waals surface area contributed by atoms with Gasteiger partial charge in [-0.3, -0.25) is 9.59 Å². The van der Waals surface area contributed by atoms with Crippen molar-refractivity contribution < 1.29 is 14.1 Å². The van der Waals surface area contributed by atoms with E-state index in [1.807, 2.05) is 41.3 Å². The fourth-order valence-electron chi connectivity index (χ4n) is 4.12. The van der Waals surface area contributed by atoms with E-state index in [2.05, 4.69) is 10.5 Å². The van der Waals surface area contributed by atoms with Crippen LogP contribution in [0.1, 0.15) is 31.4 Å². The Morgan fingerprint density at radius 3 is 2.74 bits per heavy atom. The van der Waals surface area contributed by atoms with Gasteiger partial charge in [0, 0.05) is 44.1 Å². The second-order valence-electron chi connectivity index (χ2n) is 7.72. The van der Waals surface area contributed by atoms with Crippen molar-refractivity contribution in [3.63, 3.8) is 0 Å². The zero-order valence-electron chi connectivity index (χ0n) is 15.6. The standard InChI is InChI=1S/C21H25N3O3/c1-22-20(26)21(10-11-24(14-21)19(25)16-8-5-9-16)13-17-12-18(23-27-17)15-6-3-2-4-7-15/h2-4,6-7,12,16H,5,8-11,13-14H2,1H3,(H,22,26). The number of carbonyl (C=O) groups is 2. The van der Waals surface area contributed by atoms with Gasteiger partial charge in [0.15, 0.2) is 0 Å². The summed E-state index contributed by atoms with van der Waals surface area (Å²) in [5.41, 5.74) is 1.09. The van der Waals surface area contributed by atoms with E-state index < -0.39 is 5.41 Å². The van der Waals surface area contributed by atoms with Crippen LogP contribution in [0.15, 0.2) is 40.9 Å². The number of rotatable bonds is 5. The Balaban J connectivity index is 1.52. The molecular formula is C21H25N3O3. The van der Waals surface area contributed by atoms with Gasteiger partial charge in [0.05, 0.1) is 5.41 Å². The monoisotopic (exact) mass is 367 g/mol. The molecule has 6 nitrogen and oxygen atoms in total. The van der Waals surface area contributed by atoms with E-state index in [1.54, 1.807) is 7.05 Å². The number of amides is 2. The van der Waals surface area contributed by atoms with Gasteiger partial charge >= 0.3 is 0 Å². The molecule has 1 aromatic carbocycles. The number of likely N-dealkylation sites (tertiary alicyclic amines) is 1. The summed E-state index contributed by atoms with van der Waals surface area (Å²) in [5.74, 6) is 0.995. The fourth-order valence-corrected chi connectivity index (χ4v) is 4.12. The summed E-state index contributed by atoms with van der Waals surface area (Å²) in [6, 6.07) is 11.7. The number of hydrogen-bond acceptors (Lipinski definition) is 4. The number of nitrogens with one attached hydrogen (secondary N) is 1. The van der Waals surface area contributed by atoms with E-state index in [0.29, 0.717) is 31.7 Å². The molecule has 2 amide bonds. The molecule has 1 aromatic heterocycles. The average Bonchev–Trinajstić information content (AvgIpc) is 3.29. The highest BCUT2D eigenvalue weighted by Gasteiger charge is 2.47. The van der Waals surface area contributed by atoms with Crippen molar-refractivity contribution in [2.24, 2.45) is 11.3 Å². The molecule has 0 bridgehead atoms. The Bertz CT molecular complexity index is 828. The summed E-state index contributed by atoms with van der Waals surface area (Å²) in [4.78, 5) is 27.2. The van der Waals surface area contributed by atoms with Crippen molar-refractivity contribution in [2.45, 2.75) is 32.1 Å². The van der Waals surface area contributed by atoms with E-state index in [4.69, 9.17) is 4.52 Å². The first kappa shape index (κ1) is 17.8. The molecule has 1 aliphatic carbocycles. The van der Waals surface area contributed by atoms with Crippen molar-refractivity contribution in [3.05, 3.63) is 42.2 Å². The third kappa shape index (κ3) is 3.36. The molecule has 0 spiro atoms. The first-order chi connectivity index (χ1) is 13.1. The minimum atomic E-state index is -0.651. The summed E-state index contributed by atoms with van der Waals surface area (Å²) in [7, 11) is 1.65. The second-order valence-corrected chi connectivity index (χ2v) is 7.72. The van der Waals surface area contributed by atoms with Crippen molar-refractivity contribution in [2.75, 3.05) is 20.1 Å². The first-order valence-corrected chi connectivity index (χ1v) is 9.63. The molecule has 1 saturated carbocycles. The number of benzene rings is 1. The molecule has 2 aliphatic rings. The zero-order chi connectivity index (χ0) is 18.9. The maximum atomic E-state index is 12.7. The normalized spacial score (nSPS) is 22.5. The van der Waals surface area contributed by atoms with E-state index >= 15 is 0 Å². The second kappa shape index (κ2) is 7.18. The third-order valence-electron chi connectivity index (χ3n) is 5.97. The Morgan fingerprint density at radius 2 is 2.07 bits per heavy atom. The summed E-state index contributed by atoms with van der Waals surface area (Å²) < 4.78 is 5.54. The molecular weight excluding hydrogens is 342 g/mol. The third-order valence-corrected chi connectivity index (χ3v) is 5.97. The molecule has 2 fully saturated rings. The predicted molar refractivity (Wildman–Crippen MR) is 101 cm³/mol. The van der Waals surface area contributed by atoms with E-state index in [9.17, 15) is 9.59 Å². The van der Waals surface area contributed by atoms with Crippen LogP contribution in [0.25, 0.3) is 11.3 Å². The molecule has 1 N–H and O–H groups in total. The molecule has 2 aromatic rings. The Kier molecular flexibility index (Phi) is 4.72. The predicted octanol–water partition coefficient (Wildman–Crippen LogP) is 2.65. The van der Waals surface area contributed by atoms with Gasteiger partial charge in [-0.25, -0.2) is 0 Å². The average molecular weight is 367 g/mol. The summed E-state index contributed by atoms with van der Waals surface area (Å²) in [6.45, 7) is 1.08. The maximum Gasteiger partial charge on any atom is 0.228 e. The molecule has 6 heteroatoms. The maximum absolute atomic E-state index is 12.7. The lowest BCUT2D eigenvalue weighted by molar-refractivity contribution is -0.138. The van der Waals surface area contributed by atoms with Crippen LogP contribution in [-0.2, 0) is 16.0 Å². The van der Waals surface area contributed by atoms with Crippen molar-refractivity contribution in [1.29, 1.82) is 0 Å². The van der Waals surface area contributed by atoms with Crippen LogP contribution in [0.5, 0.6) is 0 Å². The minimum absolute atomic E-state index is 0.0379. The van der Waals surface area contributed by atoms with Crippen LogP contribution in [0.2, 0.25) is 0 Å². The van der Waals surface area contributed by atoms with Gasteiger partial charge < -0.3 is 14.7 Å². The van der Waals surface area contributed by atoms with E-state index in [1.165, 1.54) is 0 Å². The molecule has 1 saturated heterocycles. The Morgan fingerprint density at radius 1 is 1.30 bits per heavy atom. The first-order valence-electron chi connectivity index (χ1n) is 9.63. The largest absolute Gasteiger partial charge is 0.361 e. The summed E-state index contributed by atoms with van der Waals surface area (Å²) in [5, 5.41) is 6.95. The van der Waals surface area contributed by atoms with Crippen LogP contribution in [0, 0.1) is 11.3 Å². The molecule has 1 aliphatic heterocycles. The SMILES string of the molecule is CNC(=O)C1(Cc2cc(-c3ccccc3)no2)CCN(C(=O)C2CCC2)C1. The molecule has 1 atom stereocenters. The lowest BCUT2D eigenvalue weighted by Crippen LogP contribution is -2.45. The highest BCUT2D eigenvalue weighted by atomic mass is 16.5. The van der Waals surface area contributed by atoms with Crippen LogP contribution < -0.4 is 5.32 Å². The van der Waals surface area contributed by atoms with Gasteiger partial charge in [0.2, 0.25) is 11.8 Å². The molecule has 1 unspecified atom stereocenters. The van der Waals surface area contributed by atoms with Gasteiger partial charge in [-0.05, 0) is 19.3 Å². The minimum Gasteiger partial charge on any atom is -0.361 e. The summed E-state index contributed by atoms with van der Waals surface area (Å²) >= 11 is 0. The highest BCUT2D eigenvalue weighted by Crippen LogP contribution is 2.38. The summed E-state index contributed by atoms with van der Waals surface area (Å²) in [6.07, 6.45) is 4.17. The Labute approximate surface area is 158 Å². The number of hydrogen-bond donors (Lipinski definition) is 1. The van der Waals surface area contributed by atoms with Gasteiger partial charge in [0.25, 0.3) is 0 Å². The van der Waals surface area contributed by atoms with Crippen LogP contribution in [-0.4, -0.2) is 42.0 Å². The van der Waals surface area contributed by atoms with Gasteiger partial charge in [-0.2, -0.15) is 0 Å². The van der Waals surface area contributed by atoms with Crippen molar-refractivity contribution in [1.82, 2.24) is 15.4 Å². The number of carbonyl (C=O) groups excluding carboxylic acids is 2. The highest BCUT2D eigenvalue weighted by molar-refractivity contribution is 5.86. The molecule has 142 valence electrons. The quantitative estimate of drug-likeness (QED) is 0.881. The lowest BCUT2D eigenvalue weighted by atomic mass is 9.81. The van der Waals surface area contributed by atoms with Gasteiger partial charge in [-0.15, -0.1) is 0 Å². The molecule has 27 heavy (non-hydrogen) atoms. The van der Waals surface area contributed by atoms with Crippen LogP contribution in [0.4, 0.5) is 0 Å². The molecule has 2 heterocycles. The van der Waals surface area contributed by atoms with Crippen LogP contribution >= 0.6 is 0 Å². The van der Waals surface area contributed by atoms with E-state index in [0.717, 1.165) is 30.5 Å². The number of aromatic nitrogens is 1. The van der Waals surface area contributed by atoms with Crippen LogP contribution in [0.3, 0.4) is 0 Å². The number of nitrogens with zero attached hydrogens (tertiary/aromatic N) is 2. The lowest BCUT2D eigenvalue weighted by Gasteiger charge is -2.31. The Hall–Kier alpha value is -2.63. The van der Waals surface area contributed by atoms with Gasteiger partial charge in [-0.1, -0.05) is 41.9 Å². The van der Waals surface area contributed by atoms with Crippen molar-refractivity contribution in [3.8, 4) is 11.3 Å². The zero-order valence-corrected chi connectivity index (χ0v) is 15.6. The molecule has 0 radical (unpaired) electrons.